The maximum absolute atomic E-state index is 9.36. The lowest BCUT2D eigenvalue weighted by molar-refractivity contribution is 0.238. The standard InChI is InChI=1S/C21H22N6O/c28-13-15-6-8-27(12-15)20-4-3-17-21(26-20)25-19(11-23-17)24-10-14-1-2-16-5-7-22-18(16)9-14/h1-5,7,9,11,15,22,28H,6,8,10,12-13H2,(H,24,25,26)/t15-/m1/s1. The van der Waals surface area contributed by atoms with Gasteiger partial charge in [0, 0.05) is 43.9 Å². The fourth-order valence-electron chi connectivity index (χ4n) is 3.74. The van der Waals surface area contributed by atoms with Gasteiger partial charge in [-0.15, -0.1) is 0 Å². The van der Waals surface area contributed by atoms with Crippen molar-refractivity contribution in [3.8, 4) is 0 Å². The zero-order chi connectivity index (χ0) is 18.9. The third kappa shape index (κ3) is 3.25. The number of hydrogen-bond donors (Lipinski definition) is 3. The fraction of sp³-hybridized carbons (Fsp3) is 0.286. The molecule has 0 bridgehead atoms. The minimum atomic E-state index is 0.228. The lowest BCUT2D eigenvalue weighted by Gasteiger charge is -2.17. The van der Waals surface area contributed by atoms with Gasteiger partial charge in [0.1, 0.15) is 17.2 Å². The number of hydrogen-bond acceptors (Lipinski definition) is 6. The molecule has 0 radical (unpaired) electrons. The summed E-state index contributed by atoms with van der Waals surface area (Å²) in [4.78, 5) is 19.3. The molecule has 4 heterocycles. The Morgan fingerprint density at radius 1 is 1.18 bits per heavy atom. The van der Waals surface area contributed by atoms with Crippen LogP contribution in [0.1, 0.15) is 12.0 Å². The van der Waals surface area contributed by atoms with Gasteiger partial charge in [0.25, 0.3) is 0 Å². The first-order valence-corrected chi connectivity index (χ1v) is 9.58. The van der Waals surface area contributed by atoms with Gasteiger partial charge in [-0.1, -0.05) is 12.1 Å². The van der Waals surface area contributed by atoms with Crippen LogP contribution in [0.15, 0.2) is 48.8 Å². The van der Waals surface area contributed by atoms with Crippen LogP contribution in [0.25, 0.3) is 22.1 Å². The second-order valence-corrected chi connectivity index (χ2v) is 7.30. The van der Waals surface area contributed by atoms with Gasteiger partial charge in [-0.25, -0.2) is 15.0 Å². The van der Waals surface area contributed by atoms with Crippen molar-refractivity contribution in [2.75, 3.05) is 29.9 Å². The number of anilines is 2. The molecule has 0 aliphatic carbocycles. The molecule has 3 N–H and O–H groups in total. The van der Waals surface area contributed by atoms with Crippen LogP contribution in [0.5, 0.6) is 0 Å². The first-order valence-electron chi connectivity index (χ1n) is 9.58. The highest BCUT2D eigenvalue weighted by Gasteiger charge is 2.23. The molecule has 0 spiro atoms. The molecule has 7 heteroatoms. The highest BCUT2D eigenvalue weighted by atomic mass is 16.3. The van der Waals surface area contributed by atoms with Crippen molar-refractivity contribution in [3.63, 3.8) is 0 Å². The van der Waals surface area contributed by atoms with Crippen molar-refractivity contribution >= 4 is 33.7 Å². The number of H-pyrrole nitrogens is 1. The molecular formula is C21H22N6O. The van der Waals surface area contributed by atoms with E-state index in [0.29, 0.717) is 23.9 Å². The number of pyridine rings is 1. The quantitative estimate of drug-likeness (QED) is 0.498. The van der Waals surface area contributed by atoms with E-state index in [-0.39, 0.29) is 6.61 Å². The average molecular weight is 374 g/mol. The highest BCUT2D eigenvalue weighted by molar-refractivity contribution is 5.80. The lowest BCUT2D eigenvalue weighted by Crippen LogP contribution is -2.21. The number of aromatic amines is 1. The topological polar surface area (TPSA) is 90.0 Å². The van der Waals surface area contributed by atoms with Crippen molar-refractivity contribution in [1.82, 2.24) is 19.9 Å². The van der Waals surface area contributed by atoms with Gasteiger partial charge >= 0.3 is 0 Å². The van der Waals surface area contributed by atoms with Crippen LogP contribution < -0.4 is 10.2 Å². The Hall–Kier alpha value is -3.19. The average Bonchev–Trinajstić information content (AvgIpc) is 3.40. The molecule has 3 aromatic heterocycles. The van der Waals surface area contributed by atoms with Crippen molar-refractivity contribution in [3.05, 3.63) is 54.4 Å². The van der Waals surface area contributed by atoms with E-state index in [2.05, 4.69) is 49.4 Å². The van der Waals surface area contributed by atoms with Crippen molar-refractivity contribution in [2.24, 2.45) is 5.92 Å². The monoisotopic (exact) mass is 374 g/mol. The van der Waals surface area contributed by atoms with Gasteiger partial charge in [0.05, 0.1) is 6.20 Å². The molecule has 1 aromatic carbocycles. The molecule has 1 aliphatic rings. The maximum Gasteiger partial charge on any atom is 0.182 e. The van der Waals surface area contributed by atoms with E-state index < -0.39 is 0 Å². The first kappa shape index (κ1) is 16.9. The summed E-state index contributed by atoms with van der Waals surface area (Å²) in [6, 6.07) is 12.4. The Morgan fingerprint density at radius 3 is 3.04 bits per heavy atom. The minimum absolute atomic E-state index is 0.228. The van der Waals surface area contributed by atoms with Gasteiger partial charge in [-0.05, 0) is 41.6 Å². The Balaban J connectivity index is 1.34. The number of nitrogens with one attached hydrogen (secondary N) is 2. The molecule has 1 fully saturated rings. The van der Waals surface area contributed by atoms with Crippen LogP contribution in [-0.4, -0.2) is 44.7 Å². The number of aliphatic hydroxyl groups is 1. The fourth-order valence-corrected chi connectivity index (χ4v) is 3.74. The van der Waals surface area contributed by atoms with Crippen LogP contribution in [0.4, 0.5) is 11.6 Å². The first-order chi connectivity index (χ1) is 13.8. The van der Waals surface area contributed by atoms with E-state index in [1.807, 2.05) is 18.3 Å². The summed E-state index contributed by atoms with van der Waals surface area (Å²) >= 11 is 0. The highest BCUT2D eigenvalue weighted by Crippen LogP contribution is 2.23. The maximum atomic E-state index is 9.36. The summed E-state index contributed by atoms with van der Waals surface area (Å²) in [5, 5.41) is 13.9. The van der Waals surface area contributed by atoms with Crippen molar-refractivity contribution in [1.29, 1.82) is 0 Å². The largest absolute Gasteiger partial charge is 0.396 e. The van der Waals surface area contributed by atoms with E-state index in [9.17, 15) is 5.11 Å². The van der Waals surface area contributed by atoms with Crippen LogP contribution in [0.3, 0.4) is 0 Å². The molecule has 4 aromatic rings. The molecule has 1 atom stereocenters. The molecule has 1 saturated heterocycles. The van der Waals surface area contributed by atoms with E-state index in [4.69, 9.17) is 4.98 Å². The molecule has 7 nitrogen and oxygen atoms in total. The van der Waals surface area contributed by atoms with Gasteiger partial charge in [0.2, 0.25) is 0 Å². The Bertz CT molecular complexity index is 1120. The number of fused-ring (bicyclic) bond motifs is 2. The number of aromatic nitrogens is 4. The number of aliphatic hydroxyl groups excluding tert-OH is 1. The predicted molar refractivity (Wildman–Crippen MR) is 110 cm³/mol. The predicted octanol–water partition coefficient (Wildman–Crippen LogP) is 2.94. The second kappa shape index (κ2) is 7.09. The van der Waals surface area contributed by atoms with Crippen molar-refractivity contribution < 1.29 is 5.11 Å². The normalized spacial score (nSPS) is 16.9. The van der Waals surface area contributed by atoms with Crippen LogP contribution in [-0.2, 0) is 6.54 Å². The SMILES string of the molecule is OC[C@@H]1CCN(c2ccc3ncc(NCc4ccc5cc[nH]c5c4)nc3n2)C1. The van der Waals surface area contributed by atoms with Gasteiger partial charge in [-0.2, -0.15) is 0 Å². The number of nitrogens with zero attached hydrogens (tertiary/aromatic N) is 4. The third-order valence-corrected chi connectivity index (χ3v) is 5.35. The van der Waals surface area contributed by atoms with Crippen LogP contribution >= 0.6 is 0 Å². The summed E-state index contributed by atoms with van der Waals surface area (Å²) in [6.45, 7) is 2.64. The molecule has 0 amide bonds. The molecule has 5 rings (SSSR count). The number of rotatable bonds is 5. The summed E-state index contributed by atoms with van der Waals surface area (Å²) in [6.07, 6.45) is 4.69. The minimum Gasteiger partial charge on any atom is -0.396 e. The molecule has 1 aliphatic heterocycles. The van der Waals surface area contributed by atoms with Crippen LogP contribution in [0, 0.1) is 5.92 Å². The van der Waals surface area contributed by atoms with Gasteiger partial charge in [0.15, 0.2) is 5.65 Å². The summed E-state index contributed by atoms with van der Waals surface area (Å²) in [7, 11) is 0. The van der Waals surface area contributed by atoms with Crippen molar-refractivity contribution in [2.45, 2.75) is 13.0 Å². The van der Waals surface area contributed by atoms with Gasteiger partial charge < -0.3 is 20.3 Å². The smallest absolute Gasteiger partial charge is 0.182 e. The lowest BCUT2D eigenvalue weighted by atomic mass is 10.1. The molecule has 0 saturated carbocycles. The summed E-state index contributed by atoms with van der Waals surface area (Å²) in [5.74, 6) is 1.93. The van der Waals surface area contributed by atoms with E-state index in [1.165, 1.54) is 10.9 Å². The molecule has 142 valence electrons. The Kier molecular flexibility index (Phi) is 4.29. The van der Waals surface area contributed by atoms with Crippen LogP contribution in [0.2, 0.25) is 0 Å². The summed E-state index contributed by atoms with van der Waals surface area (Å²) in [5.41, 5.74) is 3.71. The van der Waals surface area contributed by atoms with E-state index in [0.717, 1.165) is 36.4 Å². The molecule has 28 heavy (non-hydrogen) atoms. The second-order valence-electron chi connectivity index (χ2n) is 7.30. The zero-order valence-corrected chi connectivity index (χ0v) is 15.5. The molecule has 0 unspecified atom stereocenters. The molecular weight excluding hydrogens is 352 g/mol. The van der Waals surface area contributed by atoms with Gasteiger partial charge in [-0.3, -0.25) is 0 Å². The third-order valence-electron chi connectivity index (χ3n) is 5.35. The number of benzene rings is 1. The zero-order valence-electron chi connectivity index (χ0n) is 15.5. The summed E-state index contributed by atoms with van der Waals surface area (Å²) < 4.78 is 0. The Morgan fingerprint density at radius 2 is 2.14 bits per heavy atom. The Labute approximate surface area is 162 Å². The van der Waals surface area contributed by atoms with E-state index in [1.54, 1.807) is 6.20 Å². The van der Waals surface area contributed by atoms with E-state index >= 15 is 0 Å².